The van der Waals surface area contributed by atoms with Gasteiger partial charge in [-0.1, -0.05) is 13.8 Å². The molecule has 2 fully saturated rings. The predicted octanol–water partition coefficient (Wildman–Crippen LogP) is 2.12. The Morgan fingerprint density at radius 3 is 2.61 bits per heavy atom. The fourth-order valence-electron chi connectivity index (χ4n) is 3.76. The first-order valence-corrected chi connectivity index (χ1v) is 7.59. The molecule has 1 heterocycles. The zero-order valence-electron chi connectivity index (χ0n) is 12.5. The van der Waals surface area contributed by atoms with Gasteiger partial charge in [-0.15, -0.1) is 0 Å². The van der Waals surface area contributed by atoms with Crippen molar-refractivity contribution in [3.05, 3.63) is 0 Å². The van der Waals surface area contributed by atoms with Gasteiger partial charge in [-0.05, 0) is 51.1 Å². The summed E-state index contributed by atoms with van der Waals surface area (Å²) in [5.74, 6) is 1.58. The van der Waals surface area contributed by atoms with E-state index in [1.54, 1.807) is 0 Å². The number of nitrogens with zero attached hydrogens (tertiary/aromatic N) is 1. The van der Waals surface area contributed by atoms with Crippen LogP contribution in [0, 0.1) is 11.8 Å². The van der Waals surface area contributed by atoms with Crippen LogP contribution in [0.2, 0.25) is 0 Å². The number of methoxy groups -OCH3 is 1. The van der Waals surface area contributed by atoms with E-state index in [1.807, 2.05) is 7.11 Å². The maximum absolute atomic E-state index is 5.66. The molecule has 5 atom stereocenters. The number of likely N-dealkylation sites (N-methyl/N-ethyl adjacent to an activating group) is 1. The van der Waals surface area contributed by atoms with Crippen LogP contribution in [0.1, 0.15) is 39.5 Å². The summed E-state index contributed by atoms with van der Waals surface area (Å²) >= 11 is 0. The van der Waals surface area contributed by atoms with E-state index in [2.05, 4.69) is 31.1 Å². The Morgan fingerprint density at radius 2 is 1.94 bits per heavy atom. The molecular formula is C15H30N2O. The van der Waals surface area contributed by atoms with Gasteiger partial charge in [-0.25, -0.2) is 0 Å². The molecule has 1 aliphatic heterocycles. The third-order valence-corrected chi connectivity index (χ3v) is 5.14. The molecule has 0 aromatic heterocycles. The van der Waals surface area contributed by atoms with Crippen LogP contribution < -0.4 is 5.32 Å². The number of nitrogens with one attached hydrogen (secondary N) is 1. The Bertz CT molecular complexity index is 259. The van der Waals surface area contributed by atoms with Gasteiger partial charge in [0.15, 0.2) is 0 Å². The topological polar surface area (TPSA) is 24.5 Å². The van der Waals surface area contributed by atoms with Gasteiger partial charge in [0.2, 0.25) is 0 Å². The van der Waals surface area contributed by atoms with Gasteiger partial charge in [0.05, 0.1) is 6.10 Å². The molecule has 1 aliphatic carbocycles. The first-order chi connectivity index (χ1) is 8.65. The Hall–Kier alpha value is -0.120. The molecule has 3 nitrogen and oxygen atoms in total. The number of hydrogen-bond donors (Lipinski definition) is 1. The summed E-state index contributed by atoms with van der Waals surface area (Å²) in [7, 11) is 3.98. The van der Waals surface area contributed by atoms with Crippen molar-refractivity contribution in [2.45, 2.75) is 57.7 Å². The summed E-state index contributed by atoms with van der Waals surface area (Å²) in [6.07, 6.45) is 5.75. The molecule has 2 rings (SSSR count). The van der Waals surface area contributed by atoms with Crippen molar-refractivity contribution in [1.82, 2.24) is 10.2 Å². The fourth-order valence-corrected chi connectivity index (χ4v) is 3.76. The van der Waals surface area contributed by atoms with E-state index in [4.69, 9.17) is 4.74 Å². The SMILES string of the molecule is CNC1CCC(C)CC1N1CCC(C)C(OC)C1. The van der Waals surface area contributed by atoms with Crippen molar-refractivity contribution in [1.29, 1.82) is 0 Å². The predicted molar refractivity (Wildman–Crippen MR) is 75.8 cm³/mol. The molecule has 0 aromatic rings. The van der Waals surface area contributed by atoms with Crippen LogP contribution in [0.25, 0.3) is 0 Å². The van der Waals surface area contributed by atoms with E-state index in [1.165, 1.54) is 32.2 Å². The van der Waals surface area contributed by atoms with Crippen molar-refractivity contribution in [2.75, 3.05) is 27.2 Å². The maximum atomic E-state index is 5.66. The summed E-state index contributed by atoms with van der Waals surface area (Å²) < 4.78 is 5.66. The smallest absolute Gasteiger partial charge is 0.0724 e. The molecule has 0 aromatic carbocycles. The van der Waals surface area contributed by atoms with Crippen molar-refractivity contribution >= 4 is 0 Å². The normalized spacial score (nSPS) is 43.0. The summed E-state index contributed by atoms with van der Waals surface area (Å²) in [6.45, 7) is 7.09. The highest BCUT2D eigenvalue weighted by Gasteiger charge is 2.36. The molecule has 1 saturated carbocycles. The second-order valence-corrected chi connectivity index (χ2v) is 6.42. The van der Waals surface area contributed by atoms with Crippen molar-refractivity contribution in [2.24, 2.45) is 11.8 Å². The van der Waals surface area contributed by atoms with Gasteiger partial charge >= 0.3 is 0 Å². The zero-order valence-corrected chi connectivity index (χ0v) is 12.5. The average molecular weight is 254 g/mol. The molecule has 0 bridgehead atoms. The molecular weight excluding hydrogens is 224 g/mol. The van der Waals surface area contributed by atoms with Crippen molar-refractivity contribution in [3.63, 3.8) is 0 Å². The van der Waals surface area contributed by atoms with Crippen LogP contribution in [0.4, 0.5) is 0 Å². The van der Waals surface area contributed by atoms with Gasteiger partial charge in [-0.3, -0.25) is 4.90 Å². The molecule has 3 heteroatoms. The average Bonchev–Trinajstić information content (AvgIpc) is 2.39. The van der Waals surface area contributed by atoms with Crippen LogP contribution in [0.5, 0.6) is 0 Å². The number of hydrogen-bond acceptors (Lipinski definition) is 3. The van der Waals surface area contributed by atoms with E-state index < -0.39 is 0 Å². The Labute approximate surface area is 112 Å². The van der Waals surface area contributed by atoms with Crippen LogP contribution in [-0.4, -0.2) is 50.3 Å². The monoisotopic (exact) mass is 254 g/mol. The van der Waals surface area contributed by atoms with Gasteiger partial charge in [0.25, 0.3) is 0 Å². The summed E-state index contributed by atoms with van der Waals surface area (Å²) in [5, 5.41) is 3.53. The van der Waals surface area contributed by atoms with Gasteiger partial charge in [0, 0.05) is 25.7 Å². The van der Waals surface area contributed by atoms with Crippen molar-refractivity contribution in [3.8, 4) is 0 Å². The molecule has 1 saturated heterocycles. The number of ether oxygens (including phenoxy) is 1. The molecule has 0 spiro atoms. The minimum Gasteiger partial charge on any atom is -0.380 e. The summed E-state index contributed by atoms with van der Waals surface area (Å²) in [6, 6.07) is 1.39. The van der Waals surface area contributed by atoms with Gasteiger partial charge in [-0.2, -0.15) is 0 Å². The van der Waals surface area contributed by atoms with Crippen LogP contribution >= 0.6 is 0 Å². The molecule has 0 radical (unpaired) electrons. The van der Waals surface area contributed by atoms with E-state index in [0.29, 0.717) is 24.1 Å². The third-order valence-electron chi connectivity index (χ3n) is 5.14. The lowest BCUT2D eigenvalue weighted by Gasteiger charge is -2.46. The Morgan fingerprint density at radius 1 is 1.17 bits per heavy atom. The Balaban J connectivity index is 2.00. The largest absolute Gasteiger partial charge is 0.380 e. The molecule has 1 N–H and O–H groups in total. The van der Waals surface area contributed by atoms with Crippen LogP contribution in [0.3, 0.4) is 0 Å². The zero-order chi connectivity index (χ0) is 13.1. The molecule has 0 amide bonds. The number of rotatable bonds is 3. The highest BCUT2D eigenvalue weighted by atomic mass is 16.5. The van der Waals surface area contributed by atoms with Crippen molar-refractivity contribution < 1.29 is 4.74 Å². The lowest BCUT2D eigenvalue weighted by Crippen LogP contribution is -2.57. The second-order valence-electron chi connectivity index (χ2n) is 6.42. The maximum Gasteiger partial charge on any atom is 0.0724 e. The number of likely N-dealkylation sites (tertiary alicyclic amines) is 1. The summed E-state index contributed by atoms with van der Waals surface area (Å²) in [5.41, 5.74) is 0. The van der Waals surface area contributed by atoms with E-state index >= 15 is 0 Å². The van der Waals surface area contributed by atoms with E-state index in [9.17, 15) is 0 Å². The Kier molecular flexibility index (Phi) is 5.05. The minimum absolute atomic E-state index is 0.425. The first kappa shape index (κ1) is 14.3. The lowest BCUT2D eigenvalue weighted by atomic mass is 9.81. The number of piperidine rings is 1. The van der Waals surface area contributed by atoms with Crippen LogP contribution in [0.15, 0.2) is 0 Å². The second kappa shape index (κ2) is 6.36. The van der Waals surface area contributed by atoms with Gasteiger partial charge in [0.1, 0.15) is 0 Å². The van der Waals surface area contributed by atoms with Gasteiger partial charge < -0.3 is 10.1 Å². The quantitative estimate of drug-likeness (QED) is 0.835. The first-order valence-electron chi connectivity index (χ1n) is 7.59. The third kappa shape index (κ3) is 3.06. The van der Waals surface area contributed by atoms with Crippen LogP contribution in [-0.2, 0) is 4.74 Å². The molecule has 106 valence electrons. The standard InChI is InChI=1S/C15H30N2O/c1-11-5-6-13(16-3)14(9-11)17-8-7-12(2)15(10-17)18-4/h11-16H,5-10H2,1-4H3. The fraction of sp³-hybridized carbons (Fsp3) is 1.00. The molecule has 18 heavy (non-hydrogen) atoms. The van der Waals surface area contributed by atoms with E-state index in [0.717, 1.165) is 12.5 Å². The lowest BCUT2D eigenvalue weighted by molar-refractivity contribution is -0.0327. The van der Waals surface area contributed by atoms with E-state index in [-0.39, 0.29) is 0 Å². The molecule has 2 aliphatic rings. The highest BCUT2D eigenvalue weighted by Crippen LogP contribution is 2.31. The summed E-state index contributed by atoms with van der Waals surface area (Å²) in [4.78, 5) is 2.69. The molecule has 5 unspecified atom stereocenters. The minimum atomic E-state index is 0.425. The highest BCUT2D eigenvalue weighted by molar-refractivity contribution is 4.92.